The molecule has 1 aliphatic carbocycles. The molecule has 0 fully saturated rings. The van der Waals surface area contributed by atoms with E-state index in [1.807, 2.05) is 42.5 Å². The van der Waals surface area contributed by atoms with Gasteiger partial charge in [-0.25, -0.2) is 0 Å². The van der Waals surface area contributed by atoms with Gasteiger partial charge in [0.1, 0.15) is 0 Å². The van der Waals surface area contributed by atoms with Gasteiger partial charge in [-0.1, -0.05) is 72.8 Å². The third-order valence-corrected chi connectivity index (χ3v) is 6.80. The molecule has 4 aromatic carbocycles. The van der Waals surface area contributed by atoms with E-state index < -0.39 is 0 Å². The monoisotopic (exact) mass is 416 g/mol. The fraction of sp³-hybridized carbons (Fsp3) is 0.138. The van der Waals surface area contributed by atoms with Crippen LogP contribution in [0, 0.1) is 5.92 Å². The molecule has 0 aromatic heterocycles. The van der Waals surface area contributed by atoms with E-state index in [1.165, 1.54) is 27.6 Å². The zero-order valence-corrected chi connectivity index (χ0v) is 17.7. The van der Waals surface area contributed by atoms with Crippen molar-refractivity contribution >= 4 is 28.1 Å². The first-order valence-corrected chi connectivity index (χ1v) is 11.2. The molecule has 3 heteroatoms. The molecule has 2 N–H and O–H groups in total. The van der Waals surface area contributed by atoms with Gasteiger partial charge in [0.2, 0.25) is 0 Å². The second-order valence-electron chi connectivity index (χ2n) is 8.67. The van der Waals surface area contributed by atoms with Crippen LogP contribution in [0.3, 0.4) is 0 Å². The predicted octanol–water partition coefficient (Wildman–Crippen LogP) is 6.92. The highest BCUT2D eigenvalue weighted by molar-refractivity contribution is 6.04. The van der Waals surface area contributed by atoms with Gasteiger partial charge in [-0.15, -0.1) is 0 Å². The van der Waals surface area contributed by atoms with Crippen molar-refractivity contribution in [3.05, 3.63) is 120 Å². The van der Waals surface area contributed by atoms with Crippen molar-refractivity contribution in [3.63, 3.8) is 0 Å². The minimum Gasteiger partial charge on any atom is -0.378 e. The lowest BCUT2D eigenvalue weighted by Gasteiger charge is -2.38. The largest absolute Gasteiger partial charge is 0.378 e. The van der Waals surface area contributed by atoms with Crippen molar-refractivity contribution in [2.75, 3.05) is 10.6 Å². The van der Waals surface area contributed by atoms with Crippen LogP contribution in [0.5, 0.6) is 0 Å². The van der Waals surface area contributed by atoms with Crippen LogP contribution in [0.15, 0.2) is 103 Å². The van der Waals surface area contributed by atoms with Gasteiger partial charge in [0.25, 0.3) is 5.91 Å². The summed E-state index contributed by atoms with van der Waals surface area (Å²) >= 11 is 0. The van der Waals surface area contributed by atoms with E-state index in [2.05, 4.69) is 71.3 Å². The first kappa shape index (κ1) is 18.9. The molecule has 32 heavy (non-hydrogen) atoms. The van der Waals surface area contributed by atoms with E-state index >= 15 is 0 Å². The van der Waals surface area contributed by atoms with Crippen LogP contribution in [0.25, 0.3) is 10.8 Å². The Bertz CT molecular complexity index is 1340. The van der Waals surface area contributed by atoms with Crippen LogP contribution in [-0.2, 0) is 0 Å². The minimum atomic E-state index is -0.0865. The van der Waals surface area contributed by atoms with Gasteiger partial charge in [0, 0.05) is 22.9 Å². The maximum absolute atomic E-state index is 12.6. The molecule has 3 unspecified atom stereocenters. The average Bonchev–Trinajstić information content (AvgIpc) is 3.34. The molecule has 0 saturated heterocycles. The van der Waals surface area contributed by atoms with Gasteiger partial charge < -0.3 is 10.6 Å². The summed E-state index contributed by atoms with van der Waals surface area (Å²) in [6.07, 6.45) is 5.75. The number of hydrogen-bond acceptors (Lipinski definition) is 2. The molecule has 1 amide bonds. The first-order chi connectivity index (χ1) is 15.8. The predicted molar refractivity (Wildman–Crippen MR) is 131 cm³/mol. The Morgan fingerprint density at radius 1 is 0.875 bits per heavy atom. The quantitative estimate of drug-likeness (QED) is 0.356. The number of amides is 1. The van der Waals surface area contributed by atoms with Crippen LogP contribution in [0.4, 0.5) is 11.4 Å². The number of hydrogen-bond donors (Lipinski definition) is 2. The highest BCUT2D eigenvalue weighted by Crippen LogP contribution is 2.51. The topological polar surface area (TPSA) is 41.1 Å². The third kappa shape index (κ3) is 3.18. The Morgan fingerprint density at radius 2 is 1.72 bits per heavy atom. The molecule has 1 aliphatic heterocycles. The van der Waals surface area contributed by atoms with Gasteiger partial charge >= 0.3 is 0 Å². The highest BCUT2D eigenvalue weighted by atomic mass is 16.1. The summed E-state index contributed by atoms with van der Waals surface area (Å²) in [7, 11) is 0. The second kappa shape index (κ2) is 7.69. The summed E-state index contributed by atoms with van der Waals surface area (Å²) in [6, 6.07) is 30.9. The molecule has 4 aromatic rings. The van der Waals surface area contributed by atoms with Gasteiger partial charge in [0.05, 0.1) is 6.04 Å². The number of carbonyl (C=O) groups excluding carboxylic acids is 1. The molecule has 3 atom stereocenters. The number of fused-ring (bicyclic) bond motifs is 5. The zero-order valence-electron chi connectivity index (χ0n) is 17.7. The van der Waals surface area contributed by atoms with E-state index in [4.69, 9.17) is 0 Å². The first-order valence-electron chi connectivity index (χ1n) is 11.2. The number of carbonyl (C=O) groups is 1. The maximum Gasteiger partial charge on any atom is 0.255 e. The van der Waals surface area contributed by atoms with Crippen molar-refractivity contribution in [1.29, 1.82) is 0 Å². The van der Waals surface area contributed by atoms with E-state index in [-0.39, 0.29) is 11.9 Å². The summed E-state index contributed by atoms with van der Waals surface area (Å²) in [5, 5.41) is 9.52. The molecule has 6 rings (SSSR count). The summed E-state index contributed by atoms with van der Waals surface area (Å²) in [4.78, 5) is 12.6. The van der Waals surface area contributed by atoms with E-state index in [0.29, 0.717) is 17.4 Å². The second-order valence-corrected chi connectivity index (χ2v) is 8.67. The summed E-state index contributed by atoms with van der Waals surface area (Å²) in [6.45, 7) is 0. The van der Waals surface area contributed by atoms with Gasteiger partial charge in [-0.05, 0) is 64.6 Å². The smallest absolute Gasteiger partial charge is 0.255 e. The Hall–Kier alpha value is -3.85. The van der Waals surface area contributed by atoms with Crippen LogP contribution in [0.2, 0.25) is 0 Å². The lowest BCUT2D eigenvalue weighted by atomic mass is 9.75. The maximum atomic E-state index is 12.6. The van der Waals surface area contributed by atoms with Crippen LogP contribution in [-0.4, -0.2) is 5.91 Å². The van der Waals surface area contributed by atoms with Crippen molar-refractivity contribution < 1.29 is 4.79 Å². The van der Waals surface area contributed by atoms with Gasteiger partial charge in [0.15, 0.2) is 0 Å². The molecule has 0 bridgehead atoms. The lowest BCUT2D eigenvalue weighted by Crippen LogP contribution is -2.29. The van der Waals surface area contributed by atoms with E-state index in [9.17, 15) is 4.79 Å². The molecule has 3 nitrogen and oxygen atoms in total. The minimum absolute atomic E-state index is 0.0865. The molecule has 2 aliphatic rings. The fourth-order valence-electron chi connectivity index (χ4n) is 5.31. The SMILES string of the molecule is O=C(Nc1cccc(C2Nc3ccc4ccccc4c3C3C=CCC32)c1)c1ccccc1. The zero-order chi connectivity index (χ0) is 21.5. The molecular weight excluding hydrogens is 392 g/mol. The molecule has 0 spiro atoms. The number of anilines is 2. The molecule has 156 valence electrons. The van der Waals surface area contributed by atoms with Crippen LogP contribution < -0.4 is 10.6 Å². The van der Waals surface area contributed by atoms with E-state index in [1.54, 1.807) is 0 Å². The lowest BCUT2D eigenvalue weighted by molar-refractivity contribution is 0.102. The summed E-state index contributed by atoms with van der Waals surface area (Å²) < 4.78 is 0. The standard InChI is InChI=1S/C29H24N2O/c32-29(20-9-2-1-3-10-20)30-22-12-6-11-21(18-22)28-25-15-7-14-24(25)27-23-13-5-4-8-19(23)16-17-26(27)31-28/h1-14,16-18,24-25,28,31H,15H2,(H,30,32). The average molecular weight is 417 g/mol. The fourth-order valence-corrected chi connectivity index (χ4v) is 5.31. The number of nitrogens with one attached hydrogen (secondary N) is 2. The highest BCUT2D eigenvalue weighted by Gasteiger charge is 2.38. The van der Waals surface area contributed by atoms with Crippen molar-refractivity contribution in [2.45, 2.75) is 18.4 Å². The number of rotatable bonds is 3. The van der Waals surface area contributed by atoms with Crippen molar-refractivity contribution in [2.24, 2.45) is 5.92 Å². The molecule has 0 saturated carbocycles. The summed E-state index contributed by atoms with van der Waals surface area (Å²) in [5.41, 5.74) is 5.31. The van der Waals surface area contributed by atoms with Crippen LogP contribution >= 0.6 is 0 Å². The normalized spacial score (nSPS) is 20.9. The Morgan fingerprint density at radius 3 is 2.62 bits per heavy atom. The van der Waals surface area contributed by atoms with Crippen molar-refractivity contribution in [3.8, 4) is 0 Å². The van der Waals surface area contributed by atoms with Crippen LogP contribution in [0.1, 0.15) is 39.9 Å². The Labute approximate surface area is 187 Å². The molecular formula is C29H24N2O. The van der Waals surface area contributed by atoms with Crippen molar-refractivity contribution in [1.82, 2.24) is 0 Å². The Balaban J connectivity index is 1.34. The number of allylic oxidation sites excluding steroid dienone is 2. The Kier molecular flexibility index (Phi) is 4.53. The van der Waals surface area contributed by atoms with Gasteiger partial charge in [-0.3, -0.25) is 4.79 Å². The molecule has 0 radical (unpaired) electrons. The third-order valence-electron chi connectivity index (χ3n) is 6.80. The summed E-state index contributed by atoms with van der Waals surface area (Å²) in [5.74, 6) is 0.759. The van der Waals surface area contributed by atoms with E-state index in [0.717, 1.165) is 12.1 Å². The number of benzene rings is 4. The van der Waals surface area contributed by atoms with Gasteiger partial charge in [-0.2, -0.15) is 0 Å². The molecule has 1 heterocycles.